The van der Waals surface area contributed by atoms with E-state index in [1.54, 1.807) is 0 Å². The van der Waals surface area contributed by atoms with Crippen molar-refractivity contribution in [3.05, 3.63) is 34.5 Å². The van der Waals surface area contributed by atoms with Crippen molar-refractivity contribution >= 4 is 16.9 Å². The van der Waals surface area contributed by atoms with Crippen molar-refractivity contribution in [2.24, 2.45) is 7.05 Å². The molecule has 0 spiro atoms. The van der Waals surface area contributed by atoms with Crippen molar-refractivity contribution in [2.75, 3.05) is 32.7 Å². The van der Waals surface area contributed by atoms with Gasteiger partial charge in [-0.2, -0.15) is 0 Å². The summed E-state index contributed by atoms with van der Waals surface area (Å²) in [6.07, 6.45) is 1.82. The van der Waals surface area contributed by atoms with E-state index in [0.29, 0.717) is 5.56 Å². The number of piperazine rings is 1. The number of carboxylic acids is 1. The van der Waals surface area contributed by atoms with Crippen LogP contribution in [0.5, 0.6) is 0 Å². The van der Waals surface area contributed by atoms with E-state index in [0.717, 1.165) is 62.0 Å². The molecule has 5 nitrogen and oxygen atoms in total. The Hall–Kier alpha value is -1.85. The fourth-order valence-electron chi connectivity index (χ4n) is 3.74. The van der Waals surface area contributed by atoms with Crippen molar-refractivity contribution in [1.29, 1.82) is 0 Å². The van der Waals surface area contributed by atoms with E-state index in [9.17, 15) is 9.90 Å². The Bertz CT molecular complexity index is 758. The van der Waals surface area contributed by atoms with Crippen LogP contribution in [0.4, 0.5) is 0 Å². The minimum absolute atomic E-state index is 0.420. The zero-order valence-electron chi connectivity index (χ0n) is 14.9. The summed E-state index contributed by atoms with van der Waals surface area (Å²) < 4.78 is 2.05. The number of carboxylic acid groups (broad SMARTS) is 1. The van der Waals surface area contributed by atoms with Crippen molar-refractivity contribution < 1.29 is 9.90 Å². The molecule has 1 fully saturated rings. The number of nitrogens with zero attached hydrogens (tertiary/aromatic N) is 2. The third-order valence-electron chi connectivity index (χ3n) is 5.30. The van der Waals surface area contributed by atoms with Gasteiger partial charge < -0.3 is 19.9 Å². The Morgan fingerprint density at radius 2 is 2.00 bits per heavy atom. The highest BCUT2D eigenvalue weighted by Crippen LogP contribution is 2.30. The zero-order chi connectivity index (χ0) is 17.3. The second-order valence-corrected chi connectivity index (χ2v) is 6.66. The molecule has 24 heavy (non-hydrogen) atoms. The molecule has 0 saturated carbocycles. The molecule has 0 amide bonds. The van der Waals surface area contributed by atoms with Crippen LogP contribution in [0.25, 0.3) is 10.9 Å². The molecule has 2 N–H and O–H groups in total. The molecule has 1 aromatic heterocycles. The highest BCUT2D eigenvalue weighted by molar-refractivity contribution is 6.04. The number of hydrogen-bond acceptors (Lipinski definition) is 3. The van der Waals surface area contributed by atoms with Crippen LogP contribution in [0, 0.1) is 6.92 Å². The molecule has 130 valence electrons. The van der Waals surface area contributed by atoms with E-state index in [1.807, 2.05) is 17.7 Å². The van der Waals surface area contributed by atoms with E-state index in [2.05, 4.69) is 30.1 Å². The Morgan fingerprint density at radius 1 is 1.29 bits per heavy atom. The van der Waals surface area contributed by atoms with Gasteiger partial charge in [0.15, 0.2) is 0 Å². The van der Waals surface area contributed by atoms with E-state index in [-0.39, 0.29) is 0 Å². The molecule has 1 aliphatic heterocycles. The summed E-state index contributed by atoms with van der Waals surface area (Å²) in [5, 5.41) is 14.1. The smallest absolute Gasteiger partial charge is 0.337 e. The predicted molar refractivity (Wildman–Crippen MR) is 97.0 cm³/mol. The van der Waals surface area contributed by atoms with Crippen LogP contribution in [0.1, 0.15) is 34.1 Å². The van der Waals surface area contributed by atoms with E-state index < -0.39 is 5.97 Å². The summed E-state index contributed by atoms with van der Waals surface area (Å²) in [6.45, 7) is 9.48. The summed E-state index contributed by atoms with van der Waals surface area (Å²) in [5.41, 5.74) is 4.84. The van der Waals surface area contributed by atoms with Gasteiger partial charge in [-0.25, -0.2) is 4.79 Å². The minimum Gasteiger partial charge on any atom is -0.478 e. The molecule has 0 unspecified atom stereocenters. The van der Waals surface area contributed by atoms with Gasteiger partial charge in [0.25, 0.3) is 0 Å². The van der Waals surface area contributed by atoms with Gasteiger partial charge in [-0.3, -0.25) is 0 Å². The van der Waals surface area contributed by atoms with Crippen molar-refractivity contribution in [3.8, 4) is 0 Å². The largest absolute Gasteiger partial charge is 0.478 e. The molecule has 1 aromatic carbocycles. The normalized spacial score (nSPS) is 16.0. The summed E-state index contributed by atoms with van der Waals surface area (Å²) in [4.78, 5) is 14.2. The Morgan fingerprint density at radius 3 is 2.62 bits per heavy atom. The van der Waals surface area contributed by atoms with Gasteiger partial charge in [-0.05, 0) is 43.0 Å². The van der Waals surface area contributed by atoms with Gasteiger partial charge in [0.05, 0.1) is 11.1 Å². The number of aromatic carboxylic acids is 1. The van der Waals surface area contributed by atoms with Gasteiger partial charge in [0.1, 0.15) is 0 Å². The maximum Gasteiger partial charge on any atom is 0.337 e. The van der Waals surface area contributed by atoms with Crippen LogP contribution >= 0.6 is 0 Å². The number of rotatable bonds is 5. The van der Waals surface area contributed by atoms with E-state index in [4.69, 9.17) is 0 Å². The molecule has 1 aliphatic rings. The first-order valence-corrected chi connectivity index (χ1v) is 8.80. The van der Waals surface area contributed by atoms with Crippen molar-refractivity contribution in [3.63, 3.8) is 0 Å². The van der Waals surface area contributed by atoms with Crippen LogP contribution in [0.15, 0.2) is 12.1 Å². The first-order chi connectivity index (χ1) is 11.5. The maximum atomic E-state index is 11.7. The maximum absolute atomic E-state index is 11.7. The average Bonchev–Trinajstić information content (AvgIpc) is 2.84. The molecule has 0 atom stereocenters. The lowest BCUT2D eigenvalue weighted by atomic mass is 10.0. The highest BCUT2D eigenvalue weighted by Gasteiger charge is 2.20. The first kappa shape index (κ1) is 17.0. The molecular formula is C19H27N3O2. The minimum atomic E-state index is -0.843. The zero-order valence-corrected chi connectivity index (χ0v) is 14.9. The highest BCUT2D eigenvalue weighted by atomic mass is 16.4. The molecular weight excluding hydrogens is 302 g/mol. The molecule has 0 bridgehead atoms. The molecule has 1 saturated heterocycles. The third kappa shape index (κ3) is 3.06. The molecule has 2 heterocycles. The number of aryl methyl sites for hydroxylation is 2. The summed E-state index contributed by atoms with van der Waals surface area (Å²) in [6, 6.07) is 4.01. The average molecular weight is 329 g/mol. The summed E-state index contributed by atoms with van der Waals surface area (Å²) in [7, 11) is 1.98. The van der Waals surface area contributed by atoms with Gasteiger partial charge in [0.2, 0.25) is 0 Å². The van der Waals surface area contributed by atoms with Crippen LogP contribution in [0.3, 0.4) is 0 Å². The van der Waals surface area contributed by atoms with E-state index in [1.165, 1.54) is 11.3 Å². The molecule has 0 radical (unpaired) electrons. The quantitative estimate of drug-likeness (QED) is 0.883. The Kier molecular flexibility index (Phi) is 4.92. The number of fused-ring (bicyclic) bond motifs is 1. The molecule has 0 aliphatic carbocycles. The van der Waals surface area contributed by atoms with Gasteiger partial charge in [0, 0.05) is 50.9 Å². The second-order valence-electron chi connectivity index (χ2n) is 6.66. The summed E-state index contributed by atoms with van der Waals surface area (Å²) in [5.74, 6) is -0.843. The van der Waals surface area contributed by atoms with Crippen LogP contribution < -0.4 is 5.32 Å². The van der Waals surface area contributed by atoms with Crippen molar-refractivity contribution in [2.45, 2.75) is 26.7 Å². The number of hydrogen-bond donors (Lipinski definition) is 2. The first-order valence-electron chi connectivity index (χ1n) is 8.80. The lowest BCUT2D eigenvalue weighted by molar-refractivity contribution is 0.0698. The van der Waals surface area contributed by atoms with Gasteiger partial charge >= 0.3 is 5.97 Å². The molecule has 3 rings (SSSR count). The number of nitrogens with one attached hydrogen (secondary N) is 1. The van der Waals surface area contributed by atoms with Crippen LogP contribution in [-0.2, 0) is 19.9 Å². The van der Waals surface area contributed by atoms with Gasteiger partial charge in [-0.15, -0.1) is 0 Å². The Labute approximate surface area is 143 Å². The lowest BCUT2D eigenvalue weighted by Crippen LogP contribution is -2.44. The Balaban J connectivity index is 2.01. The van der Waals surface area contributed by atoms with E-state index >= 15 is 0 Å². The summed E-state index contributed by atoms with van der Waals surface area (Å²) >= 11 is 0. The third-order valence-corrected chi connectivity index (χ3v) is 5.30. The molecule has 5 heteroatoms. The van der Waals surface area contributed by atoms with Gasteiger partial charge in [-0.1, -0.05) is 6.92 Å². The molecule has 2 aromatic rings. The van der Waals surface area contributed by atoms with Crippen LogP contribution in [0.2, 0.25) is 0 Å². The van der Waals surface area contributed by atoms with Crippen molar-refractivity contribution in [1.82, 2.24) is 14.8 Å². The lowest BCUT2D eigenvalue weighted by Gasteiger charge is -2.27. The second kappa shape index (κ2) is 6.95. The topological polar surface area (TPSA) is 57.5 Å². The number of carbonyl (C=O) groups is 1. The predicted octanol–water partition coefficient (Wildman–Crippen LogP) is 2.20. The van der Waals surface area contributed by atoms with Crippen LogP contribution in [-0.4, -0.2) is 53.3 Å². The SMILES string of the molecule is CCc1cc(C(=O)O)c2c(c1)c(CCN1CCNCC1)c(C)n2C. The standard InChI is InChI=1S/C19H27N3O2/c1-4-14-11-16-15(5-8-22-9-6-20-7-10-22)13(2)21(3)18(16)17(12-14)19(23)24/h11-12,20H,4-10H2,1-3H3,(H,23,24). The fraction of sp³-hybridized carbons (Fsp3) is 0.526. The monoisotopic (exact) mass is 329 g/mol. The number of aromatic nitrogens is 1. The number of benzene rings is 1. The fourth-order valence-corrected chi connectivity index (χ4v) is 3.74.